The summed E-state index contributed by atoms with van der Waals surface area (Å²) in [4.78, 5) is 17.5. The fourth-order valence-electron chi connectivity index (χ4n) is 2.24. The Bertz CT molecular complexity index is 679. The van der Waals surface area contributed by atoms with E-state index in [1.54, 1.807) is 36.1 Å². The summed E-state index contributed by atoms with van der Waals surface area (Å²) in [5, 5.41) is 4.26. The van der Waals surface area contributed by atoms with Crippen molar-refractivity contribution < 1.29 is 9.53 Å². The minimum Gasteiger partial charge on any atom is -0.494 e. The highest BCUT2D eigenvalue weighted by Crippen LogP contribution is 2.38. The number of anilines is 2. The molecule has 2 N–H and O–H groups in total. The maximum atomic E-state index is 11.6. The lowest BCUT2D eigenvalue weighted by Crippen LogP contribution is -2.43. The summed E-state index contributed by atoms with van der Waals surface area (Å²) in [7, 11) is 3.34. The molecule has 0 radical (unpaired) electrons. The van der Waals surface area contributed by atoms with Gasteiger partial charge in [0.05, 0.1) is 18.4 Å². The molecule has 0 atom stereocenters. The van der Waals surface area contributed by atoms with Crippen molar-refractivity contribution in [3.05, 3.63) is 18.5 Å². The standard InChI is InChI=1S/C13H15N5O2/c1-17-7-15-13(16-17)9-5-8(18-4-3-11(18)19)6-10(14)12(9)20-2/h5-7H,3-4,14H2,1-2H3. The third kappa shape index (κ3) is 1.87. The van der Waals surface area contributed by atoms with E-state index in [0.717, 1.165) is 5.69 Å². The Kier molecular flexibility index (Phi) is 2.81. The number of methoxy groups -OCH3 is 1. The van der Waals surface area contributed by atoms with Crippen LogP contribution in [0.3, 0.4) is 0 Å². The van der Waals surface area contributed by atoms with Gasteiger partial charge in [-0.1, -0.05) is 0 Å². The Balaban J connectivity index is 2.12. The van der Waals surface area contributed by atoms with Gasteiger partial charge in [0.15, 0.2) is 11.6 Å². The van der Waals surface area contributed by atoms with Crippen LogP contribution in [0.5, 0.6) is 5.75 Å². The van der Waals surface area contributed by atoms with Crippen molar-refractivity contribution in [3.63, 3.8) is 0 Å². The predicted molar refractivity (Wildman–Crippen MR) is 74.4 cm³/mol. The number of hydrogen-bond acceptors (Lipinski definition) is 5. The molecule has 3 rings (SSSR count). The van der Waals surface area contributed by atoms with Crippen molar-refractivity contribution in [2.75, 3.05) is 24.3 Å². The van der Waals surface area contributed by atoms with E-state index < -0.39 is 0 Å². The number of ether oxygens (including phenoxy) is 1. The van der Waals surface area contributed by atoms with Crippen LogP contribution in [0.4, 0.5) is 11.4 Å². The normalized spacial score (nSPS) is 14.3. The second-order valence-corrected chi connectivity index (χ2v) is 4.65. The van der Waals surface area contributed by atoms with Gasteiger partial charge in [0.1, 0.15) is 6.33 Å². The molecule has 20 heavy (non-hydrogen) atoms. The zero-order valence-electron chi connectivity index (χ0n) is 11.3. The van der Waals surface area contributed by atoms with Crippen molar-refractivity contribution in [2.45, 2.75) is 6.42 Å². The molecule has 1 aliphatic heterocycles. The average molecular weight is 273 g/mol. The number of β-lactam (4-membered cyclic amide) rings is 1. The van der Waals surface area contributed by atoms with E-state index in [-0.39, 0.29) is 5.91 Å². The summed E-state index contributed by atoms with van der Waals surface area (Å²) in [6.07, 6.45) is 2.18. The maximum absolute atomic E-state index is 11.6. The summed E-state index contributed by atoms with van der Waals surface area (Å²) < 4.78 is 6.94. The first kappa shape index (κ1) is 12.5. The number of benzene rings is 1. The number of aryl methyl sites for hydroxylation is 1. The molecule has 7 heteroatoms. The molecular formula is C13H15N5O2. The minimum absolute atomic E-state index is 0.0921. The molecule has 1 aromatic heterocycles. The molecule has 7 nitrogen and oxygen atoms in total. The largest absolute Gasteiger partial charge is 0.494 e. The Morgan fingerprint density at radius 3 is 2.70 bits per heavy atom. The number of aromatic nitrogens is 3. The van der Waals surface area contributed by atoms with Crippen molar-refractivity contribution in [1.82, 2.24) is 14.8 Å². The number of nitrogens with zero attached hydrogens (tertiary/aromatic N) is 4. The summed E-state index contributed by atoms with van der Waals surface area (Å²) in [6.45, 7) is 0.708. The number of hydrogen-bond donors (Lipinski definition) is 1. The van der Waals surface area contributed by atoms with E-state index in [1.165, 1.54) is 0 Å². The first-order valence-corrected chi connectivity index (χ1v) is 6.24. The molecule has 1 fully saturated rings. The number of carbonyl (C=O) groups excluding carboxylic acids is 1. The summed E-state index contributed by atoms with van der Waals surface area (Å²) in [5.41, 5.74) is 7.91. The molecule has 1 aliphatic rings. The van der Waals surface area contributed by atoms with Crippen LogP contribution in [0.2, 0.25) is 0 Å². The van der Waals surface area contributed by atoms with E-state index in [4.69, 9.17) is 10.5 Å². The zero-order valence-corrected chi connectivity index (χ0v) is 11.3. The van der Waals surface area contributed by atoms with E-state index >= 15 is 0 Å². The van der Waals surface area contributed by atoms with Gasteiger partial charge in [-0.05, 0) is 12.1 Å². The van der Waals surface area contributed by atoms with Crippen LogP contribution in [-0.2, 0) is 11.8 Å². The van der Waals surface area contributed by atoms with Crippen LogP contribution in [-0.4, -0.2) is 34.3 Å². The van der Waals surface area contributed by atoms with Gasteiger partial charge in [0, 0.05) is 25.7 Å². The van der Waals surface area contributed by atoms with E-state index in [2.05, 4.69) is 10.1 Å². The Labute approximate surface area is 116 Å². The van der Waals surface area contributed by atoms with E-state index in [0.29, 0.717) is 35.8 Å². The lowest BCUT2D eigenvalue weighted by molar-refractivity contribution is -0.122. The van der Waals surface area contributed by atoms with Crippen molar-refractivity contribution in [3.8, 4) is 17.1 Å². The molecule has 1 aromatic carbocycles. The maximum Gasteiger partial charge on any atom is 0.228 e. The number of nitrogen functional groups attached to an aromatic ring is 1. The summed E-state index contributed by atoms with van der Waals surface area (Å²) in [5.74, 6) is 1.13. The molecule has 0 bridgehead atoms. The van der Waals surface area contributed by atoms with Crippen LogP contribution < -0.4 is 15.4 Å². The lowest BCUT2D eigenvalue weighted by atomic mass is 10.1. The highest BCUT2D eigenvalue weighted by Gasteiger charge is 2.27. The number of carbonyl (C=O) groups is 1. The van der Waals surface area contributed by atoms with Crippen molar-refractivity contribution in [1.29, 1.82) is 0 Å². The minimum atomic E-state index is 0.0921. The third-order valence-electron chi connectivity index (χ3n) is 3.31. The Morgan fingerprint density at radius 1 is 1.40 bits per heavy atom. The molecule has 0 spiro atoms. The van der Waals surface area contributed by atoms with Gasteiger partial charge in [0.25, 0.3) is 0 Å². The average Bonchev–Trinajstić information content (AvgIpc) is 2.83. The quantitative estimate of drug-likeness (QED) is 0.660. The molecule has 1 amide bonds. The first-order valence-electron chi connectivity index (χ1n) is 6.24. The zero-order chi connectivity index (χ0) is 14.3. The van der Waals surface area contributed by atoms with Gasteiger partial charge in [0.2, 0.25) is 5.91 Å². The number of rotatable bonds is 3. The molecule has 2 aromatic rings. The van der Waals surface area contributed by atoms with Gasteiger partial charge in [-0.15, -0.1) is 0 Å². The second kappa shape index (κ2) is 4.52. The lowest BCUT2D eigenvalue weighted by Gasteiger charge is -2.31. The highest BCUT2D eigenvalue weighted by molar-refractivity contribution is 6.00. The molecule has 104 valence electrons. The first-order chi connectivity index (χ1) is 9.60. The molecular weight excluding hydrogens is 258 g/mol. The van der Waals surface area contributed by atoms with Crippen LogP contribution in [0.15, 0.2) is 18.5 Å². The van der Waals surface area contributed by atoms with Crippen LogP contribution in [0, 0.1) is 0 Å². The van der Waals surface area contributed by atoms with E-state index in [9.17, 15) is 4.79 Å². The smallest absolute Gasteiger partial charge is 0.228 e. The molecule has 0 unspecified atom stereocenters. The van der Waals surface area contributed by atoms with Gasteiger partial charge < -0.3 is 15.4 Å². The number of amides is 1. The predicted octanol–water partition coefficient (Wildman–Crippen LogP) is 0.810. The highest BCUT2D eigenvalue weighted by atomic mass is 16.5. The van der Waals surface area contributed by atoms with Crippen LogP contribution in [0.1, 0.15) is 6.42 Å². The van der Waals surface area contributed by atoms with E-state index in [1.807, 2.05) is 6.07 Å². The van der Waals surface area contributed by atoms with Crippen molar-refractivity contribution in [2.24, 2.45) is 7.05 Å². The third-order valence-corrected chi connectivity index (χ3v) is 3.31. The fraction of sp³-hybridized carbons (Fsp3) is 0.308. The molecule has 1 saturated heterocycles. The number of nitrogens with two attached hydrogens (primary N) is 1. The van der Waals surface area contributed by atoms with Gasteiger partial charge in [-0.2, -0.15) is 5.10 Å². The topological polar surface area (TPSA) is 86.3 Å². The second-order valence-electron chi connectivity index (χ2n) is 4.65. The summed E-state index contributed by atoms with van der Waals surface area (Å²) >= 11 is 0. The summed E-state index contributed by atoms with van der Waals surface area (Å²) in [6, 6.07) is 3.57. The SMILES string of the molecule is COc1c(N)cc(N2CCC2=O)cc1-c1ncn(C)n1. The molecule has 2 heterocycles. The fourth-order valence-corrected chi connectivity index (χ4v) is 2.24. The van der Waals surface area contributed by atoms with Crippen LogP contribution >= 0.6 is 0 Å². The monoisotopic (exact) mass is 273 g/mol. The van der Waals surface area contributed by atoms with Gasteiger partial charge in [-0.25, -0.2) is 4.98 Å². The van der Waals surface area contributed by atoms with Crippen molar-refractivity contribution >= 4 is 17.3 Å². The Morgan fingerprint density at radius 2 is 2.20 bits per heavy atom. The molecule has 0 aliphatic carbocycles. The molecule has 0 saturated carbocycles. The Hall–Kier alpha value is -2.57. The van der Waals surface area contributed by atoms with Crippen LogP contribution in [0.25, 0.3) is 11.4 Å². The van der Waals surface area contributed by atoms with Gasteiger partial charge in [-0.3, -0.25) is 9.48 Å². The van der Waals surface area contributed by atoms with Gasteiger partial charge >= 0.3 is 0 Å².